The third-order valence-corrected chi connectivity index (χ3v) is 3.57. The molecule has 124 valence electrons. The third-order valence-electron chi connectivity index (χ3n) is 3.57. The van der Waals surface area contributed by atoms with Crippen molar-refractivity contribution < 1.29 is 9.53 Å². The summed E-state index contributed by atoms with van der Waals surface area (Å²) in [6.45, 7) is 0. The normalized spacial score (nSPS) is 11.2. The Balaban J connectivity index is 1.90. The number of nitrogens with zero attached hydrogens (tertiary/aromatic N) is 2. The van der Waals surface area contributed by atoms with Gasteiger partial charge in [-0.05, 0) is 36.4 Å². The van der Waals surface area contributed by atoms with Crippen LogP contribution in [0.3, 0.4) is 0 Å². The van der Waals surface area contributed by atoms with E-state index in [0.29, 0.717) is 11.4 Å². The van der Waals surface area contributed by atoms with Crippen molar-refractivity contribution in [2.75, 3.05) is 14.1 Å². The summed E-state index contributed by atoms with van der Waals surface area (Å²) in [4.78, 5) is 17.2. The van der Waals surface area contributed by atoms with Crippen molar-refractivity contribution in [1.82, 2.24) is 9.88 Å². The Labute approximate surface area is 145 Å². The Hall–Kier alpha value is -3.52. The lowest BCUT2D eigenvalue weighted by Crippen LogP contribution is -2.09. The number of ketones is 1. The van der Waals surface area contributed by atoms with E-state index in [1.807, 2.05) is 54.6 Å². The number of hydrogen-bond acceptors (Lipinski definition) is 4. The summed E-state index contributed by atoms with van der Waals surface area (Å²) >= 11 is 0. The third kappa shape index (κ3) is 3.70. The molecule has 5 nitrogen and oxygen atoms in total. The highest BCUT2D eigenvalue weighted by Gasteiger charge is 2.15. The maximum absolute atomic E-state index is 12.5. The minimum atomic E-state index is -0.335. The molecule has 3 aromatic rings. The maximum Gasteiger partial charge on any atom is 0.221 e. The molecule has 1 aromatic heterocycles. The number of rotatable bonds is 5. The molecule has 5 heteroatoms. The standard InChI is InChI=1S/C20H17N3O2/c1-23(2)13-15(12-21)20(24)19-11-14-10-17(8-9-18(14)22-19)25-16-6-4-3-5-7-16/h3-11,13,22H,1-2H3. The van der Waals surface area contributed by atoms with Crippen molar-refractivity contribution in [1.29, 1.82) is 5.26 Å². The van der Waals surface area contributed by atoms with Gasteiger partial charge in [-0.25, -0.2) is 0 Å². The van der Waals surface area contributed by atoms with Crippen LogP contribution in [0.4, 0.5) is 0 Å². The van der Waals surface area contributed by atoms with Crippen LogP contribution < -0.4 is 4.74 Å². The van der Waals surface area contributed by atoms with Crippen LogP contribution >= 0.6 is 0 Å². The Morgan fingerprint density at radius 2 is 1.88 bits per heavy atom. The van der Waals surface area contributed by atoms with Crippen molar-refractivity contribution in [3.8, 4) is 17.6 Å². The van der Waals surface area contributed by atoms with Crippen LogP contribution in [0.2, 0.25) is 0 Å². The molecule has 25 heavy (non-hydrogen) atoms. The van der Waals surface area contributed by atoms with E-state index < -0.39 is 0 Å². The first-order valence-corrected chi connectivity index (χ1v) is 7.75. The van der Waals surface area contributed by atoms with Gasteiger partial charge in [-0.15, -0.1) is 0 Å². The zero-order valence-corrected chi connectivity index (χ0v) is 14.0. The topological polar surface area (TPSA) is 69.1 Å². The number of para-hydroxylation sites is 1. The predicted octanol–water partition coefficient (Wildman–Crippen LogP) is 4.11. The number of fused-ring (bicyclic) bond motifs is 1. The van der Waals surface area contributed by atoms with Crippen molar-refractivity contribution in [3.63, 3.8) is 0 Å². The summed E-state index contributed by atoms with van der Waals surface area (Å²) in [6.07, 6.45) is 1.51. The second-order valence-electron chi connectivity index (χ2n) is 5.79. The molecule has 1 N–H and O–H groups in total. The van der Waals surface area contributed by atoms with E-state index in [9.17, 15) is 10.1 Å². The van der Waals surface area contributed by atoms with Gasteiger partial charge in [-0.1, -0.05) is 18.2 Å². The number of hydrogen-bond donors (Lipinski definition) is 1. The zero-order valence-electron chi connectivity index (χ0n) is 14.0. The number of Topliss-reactive ketones (excluding diaryl/α,β-unsaturated/α-hetero) is 1. The van der Waals surface area contributed by atoms with Gasteiger partial charge in [0.15, 0.2) is 0 Å². The minimum absolute atomic E-state index is 0.0808. The van der Waals surface area contributed by atoms with Gasteiger partial charge in [-0.2, -0.15) is 5.26 Å². The molecule has 0 saturated carbocycles. The van der Waals surface area contributed by atoms with Crippen LogP contribution in [0.1, 0.15) is 10.5 Å². The second kappa shape index (κ2) is 6.93. The molecule has 0 amide bonds. The molecule has 0 fully saturated rings. The lowest BCUT2D eigenvalue weighted by molar-refractivity contribution is 0.103. The number of aromatic nitrogens is 1. The molecular formula is C20H17N3O2. The van der Waals surface area contributed by atoms with Gasteiger partial charge in [0.05, 0.1) is 5.69 Å². The Kier molecular flexibility index (Phi) is 4.53. The first kappa shape index (κ1) is 16.3. The van der Waals surface area contributed by atoms with E-state index >= 15 is 0 Å². The first-order chi connectivity index (χ1) is 12.1. The van der Waals surface area contributed by atoms with E-state index in [-0.39, 0.29) is 11.4 Å². The molecule has 0 bridgehead atoms. The van der Waals surface area contributed by atoms with Crippen molar-refractivity contribution in [3.05, 3.63) is 72.1 Å². The molecule has 0 aliphatic carbocycles. The maximum atomic E-state index is 12.5. The van der Waals surface area contributed by atoms with E-state index in [0.717, 1.165) is 16.7 Å². The fourth-order valence-corrected chi connectivity index (χ4v) is 2.46. The number of benzene rings is 2. The Bertz CT molecular complexity index is 979. The van der Waals surface area contributed by atoms with E-state index in [1.54, 1.807) is 25.1 Å². The second-order valence-corrected chi connectivity index (χ2v) is 5.79. The van der Waals surface area contributed by atoms with Gasteiger partial charge in [0.25, 0.3) is 0 Å². The van der Waals surface area contributed by atoms with Crippen LogP contribution in [0, 0.1) is 11.3 Å². The van der Waals surface area contributed by atoms with Gasteiger partial charge in [0, 0.05) is 31.2 Å². The number of allylic oxidation sites excluding steroid dienone is 1. The van der Waals surface area contributed by atoms with Crippen LogP contribution in [0.5, 0.6) is 11.5 Å². The van der Waals surface area contributed by atoms with Crippen LogP contribution in [-0.4, -0.2) is 29.8 Å². The van der Waals surface area contributed by atoms with Gasteiger partial charge >= 0.3 is 0 Å². The van der Waals surface area contributed by atoms with Crippen molar-refractivity contribution in [2.45, 2.75) is 0 Å². The van der Waals surface area contributed by atoms with Gasteiger partial charge < -0.3 is 14.6 Å². The van der Waals surface area contributed by atoms with Gasteiger partial charge in [0.2, 0.25) is 5.78 Å². The highest BCUT2D eigenvalue weighted by Crippen LogP contribution is 2.26. The van der Waals surface area contributed by atoms with Crippen molar-refractivity contribution >= 4 is 16.7 Å². The largest absolute Gasteiger partial charge is 0.457 e. The minimum Gasteiger partial charge on any atom is -0.457 e. The lowest BCUT2D eigenvalue weighted by Gasteiger charge is -2.04. The monoisotopic (exact) mass is 331 g/mol. The molecule has 0 unspecified atom stereocenters. The number of nitriles is 1. The zero-order chi connectivity index (χ0) is 17.8. The number of ether oxygens (including phenoxy) is 1. The van der Waals surface area contributed by atoms with E-state index in [1.165, 1.54) is 6.20 Å². The summed E-state index contributed by atoms with van der Waals surface area (Å²) in [7, 11) is 3.53. The Morgan fingerprint density at radius 3 is 2.56 bits per heavy atom. The lowest BCUT2D eigenvalue weighted by atomic mass is 10.1. The van der Waals surface area contributed by atoms with Gasteiger partial charge in [0.1, 0.15) is 23.1 Å². The molecule has 3 rings (SSSR count). The molecule has 2 aromatic carbocycles. The SMILES string of the molecule is CN(C)C=C(C#N)C(=O)c1cc2cc(Oc3ccccc3)ccc2[nH]1. The molecular weight excluding hydrogens is 314 g/mol. The summed E-state index contributed by atoms with van der Waals surface area (Å²) in [5.74, 6) is 1.09. The first-order valence-electron chi connectivity index (χ1n) is 7.75. The summed E-state index contributed by atoms with van der Waals surface area (Å²) in [6, 6.07) is 18.7. The number of nitrogens with one attached hydrogen (secondary N) is 1. The average molecular weight is 331 g/mol. The molecule has 0 spiro atoms. The van der Waals surface area contributed by atoms with Crippen molar-refractivity contribution in [2.24, 2.45) is 0 Å². The number of aromatic amines is 1. The summed E-state index contributed by atoms with van der Waals surface area (Å²) in [5, 5.41) is 10.0. The average Bonchev–Trinajstić information content (AvgIpc) is 3.03. The van der Waals surface area contributed by atoms with E-state index in [4.69, 9.17) is 4.74 Å². The highest BCUT2D eigenvalue weighted by atomic mass is 16.5. The number of carbonyl (C=O) groups excluding carboxylic acids is 1. The van der Waals surface area contributed by atoms with Crippen LogP contribution in [-0.2, 0) is 0 Å². The molecule has 0 aliphatic rings. The molecule has 0 aliphatic heterocycles. The van der Waals surface area contributed by atoms with Crippen LogP contribution in [0.25, 0.3) is 10.9 Å². The fourth-order valence-electron chi connectivity index (χ4n) is 2.46. The highest BCUT2D eigenvalue weighted by molar-refractivity contribution is 6.12. The predicted molar refractivity (Wildman–Crippen MR) is 96.5 cm³/mol. The van der Waals surface area contributed by atoms with Crippen LogP contribution in [0.15, 0.2) is 66.4 Å². The smallest absolute Gasteiger partial charge is 0.221 e. The molecule has 1 heterocycles. The molecule has 0 saturated heterocycles. The number of H-pyrrole nitrogens is 1. The summed E-state index contributed by atoms with van der Waals surface area (Å²) in [5.41, 5.74) is 1.27. The number of carbonyl (C=O) groups is 1. The summed E-state index contributed by atoms with van der Waals surface area (Å²) < 4.78 is 5.81. The quantitative estimate of drug-likeness (QED) is 0.434. The van der Waals surface area contributed by atoms with Gasteiger partial charge in [-0.3, -0.25) is 4.79 Å². The molecule has 0 radical (unpaired) electrons. The molecule has 0 atom stereocenters. The van der Waals surface area contributed by atoms with E-state index in [2.05, 4.69) is 4.98 Å². The fraction of sp³-hybridized carbons (Fsp3) is 0.100. The Morgan fingerprint density at radius 1 is 1.12 bits per heavy atom.